The summed E-state index contributed by atoms with van der Waals surface area (Å²) in [5.41, 5.74) is 5.42. The Hall–Kier alpha value is -2.00. The Balaban J connectivity index is 2.17. The lowest BCUT2D eigenvalue weighted by Crippen LogP contribution is -2.05. The maximum atomic E-state index is 12.1. The van der Waals surface area contributed by atoms with Crippen molar-refractivity contribution < 1.29 is 14.3 Å². The van der Waals surface area contributed by atoms with Crippen molar-refractivity contribution in [1.82, 2.24) is 14.6 Å². The standard InChI is InChI=1S/C21H24IN3O3/c1-12(2)20-23-21-17(10-15(19(22)26)11-25(21)24-20)18-13(3)8-16(9-14(18)4)28-7-6-27-5/h8-12H,6-7H2,1-5H3. The fraction of sp³-hybridized carbons (Fsp3) is 0.381. The van der Waals surface area contributed by atoms with Crippen LogP contribution in [0.25, 0.3) is 16.8 Å². The molecule has 2 aromatic heterocycles. The topological polar surface area (TPSA) is 65.7 Å². The molecule has 148 valence electrons. The summed E-state index contributed by atoms with van der Waals surface area (Å²) in [6.07, 6.45) is 1.75. The van der Waals surface area contributed by atoms with Crippen LogP contribution in [-0.2, 0) is 4.74 Å². The fourth-order valence-electron chi connectivity index (χ4n) is 3.21. The van der Waals surface area contributed by atoms with Crippen LogP contribution in [0.3, 0.4) is 0 Å². The van der Waals surface area contributed by atoms with Crippen LogP contribution in [0.2, 0.25) is 0 Å². The van der Waals surface area contributed by atoms with Gasteiger partial charge in [-0.2, -0.15) is 5.10 Å². The van der Waals surface area contributed by atoms with Gasteiger partial charge in [-0.3, -0.25) is 4.79 Å². The van der Waals surface area contributed by atoms with E-state index in [2.05, 4.69) is 18.9 Å². The Kier molecular flexibility index (Phi) is 6.34. The van der Waals surface area contributed by atoms with Gasteiger partial charge in [0.05, 0.1) is 6.61 Å². The number of hydrogen-bond acceptors (Lipinski definition) is 5. The summed E-state index contributed by atoms with van der Waals surface area (Å²) in [5.74, 6) is 1.76. The van der Waals surface area contributed by atoms with E-state index in [0.717, 1.165) is 39.5 Å². The highest BCUT2D eigenvalue weighted by atomic mass is 127. The number of carbonyl (C=O) groups is 1. The van der Waals surface area contributed by atoms with Gasteiger partial charge in [-0.25, -0.2) is 9.50 Å². The number of pyridine rings is 1. The molecule has 1 aromatic carbocycles. The monoisotopic (exact) mass is 493 g/mol. The quantitative estimate of drug-likeness (QED) is 0.270. The fourth-order valence-corrected chi connectivity index (χ4v) is 3.51. The molecule has 0 bridgehead atoms. The van der Waals surface area contributed by atoms with Gasteiger partial charge in [0, 0.05) is 52.9 Å². The molecule has 0 radical (unpaired) electrons. The lowest BCUT2D eigenvalue weighted by atomic mass is 9.95. The number of benzene rings is 1. The molecule has 0 atom stereocenters. The number of aromatic nitrogens is 3. The van der Waals surface area contributed by atoms with E-state index >= 15 is 0 Å². The molecular formula is C21H24IN3O3. The Bertz CT molecular complexity index is 1000. The minimum atomic E-state index is -0.0304. The molecule has 7 heteroatoms. The molecular weight excluding hydrogens is 469 g/mol. The predicted molar refractivity (Wildman–Crippen MR) is 118 cm³/mol. The first-order valence-electron chi connectivity index (χ1n) is 9.15. The molecule has 0 aliphatic heterocycles. The second-order valence-corrected chi connectivity index (χ2v) is 8.06. The predicted octanol–water partition coefficient (Wildman–Crippen LogP) is 4.74. The number of carbonyl (C=O) groups excluding carboxylic acids is 1. The van der Waals surface area contributed by atoms with Crippen molar-refractivity contribution in [1.29, 1.82) is 0 Å². The van der Waals surface area contributed by atoms with Crippen LogP contribution in [0.5, 0.6) is 5.75 Å². The lowest BCUT2D eigenvalue weighted by Gasteiger charge is -2.15. The number of methoxy groups -OCH3 is 1. The van der Waals surface area contributed by atoms with Gasteiger partial charge in [0.1, 0.15) is 12.4 Å². The van der Waals surface area contributed by atoms with Gasteiger partial charge < -0.3 is 9.47 Å². The van der Waals surface area contributed by atoms with Crippen molar-refractivity contribution in [2.75, 3.05) is 20.3 Å². The molecule has 0 unspecified atom stereocenters. The van der Waals surface area contributed by atoms with Gasteiger partial charge >= 0.3 is 0 Å². The Labute approximate surface area is 178 Å². The van der Waals surface area contributed by atoms with Crippen LogP contribution in [0, 0.1) is 13.8 Å². The number of nitrogens with zero attached hydrogens (tertiary/aromatic N) is 3. The minimum absolute atomic E-state index is 0.0304. The molecule has 0 aliphatic rings. The van der Waals surface area contributed by atoms with Gasteiger partial charge in [-0.05, 0) is 48.7 Å². The van der Waals surface area contributed by atoms with Crippen LogP contribution in [0.15, 0.2) is 24.4 Å². The zero-order valence-electron chi connectivity index (χ0n) is 16.7. The smallest absolute Gasteiger partial charge is 0.223 e. The molecule has 6 nitrogen and oxygen atoms in total. The van der Waals surface area contributed by atoms with Gasteiger partial charge in [0.15, 0.2) is 11.5 Å². The van der Waals surface area contributed by atoms with Crippen LogP contribution < -0.4 is 4.74 Å². The van der Waals surface area contributed by atoms with E-state index in [1.165, 1.54) is 0 Å². The molecule has 0 saturated heterocycles. The van der Waals surface area contributed by atoms with Crippen molar-refractivity contribution >= 4 is 32.0 Å². The van der Waals surface area contributed by atoms with Crippen molar-refractivity contribution in [3.05, 3.63) is 46.9 Å². The van der Waals surface area contributed by atoms with Crippen molar-refractivity contribution in [2.24, 2.45) is 0 Å². The summed E-state index contributed by atoms with van der Waals surface area (Å²) in [7, 11) is 1.65. The Morgan fingerprint density at radius 2 is 1.86 bits per heavy atom. The van der Waals surface area contributed by atoms with E-state index < -0.39 is 0 Å². The molecule has 28 heavy (non-hydrogen) atoms. The van der Waals surface area contributed by atoms with Crippen LogP contribution >= 0.6 is 22.6 Å². The maximum absolute atomic E-state index is 12.1. The van der Waals surface area contributed by atoms with Gasteiger partial charge in [0.2, 0.25) is 3.79 Å². The molecule has 0 fully saturated rings. The van der Waals surface area contributed by atoms with Gasteiger partial charge in [-0.1, -0.05) is 13.8 Å². The van der Waals surface area contributed by atoms with E-state index in [1.807, 2.05) is 32.0 Å². The largest absolute Gasteiger partial charge is 0.491 e. The normalized spacial score (nSPS) is 11.4. The van der Waals surface area contributed by atoms with E-state index in [1.54, 1.807) is 40.4 Å². The zero-order valence-corrected chi connectivity index (χ0v) is 18.9. The number of rotatable bonds is 7. The van der Waals surface area contributed by atoms with E-state index in [4.69, 9.17) is 14.5 Å². The third kappa shape index (κ3) is 4.20. The molecule has 3 rings (SSSR count). The molecule has 0 N–H and O–H groups in total. The van der Waals surface area contributed by atoms with Crippen molar-refractivity contribution in [3.63, 3.8) is 0 Å². The number of ether oxygens (including phenoxy) is 2. The number of aryl methyl sites for hydroxylation is 2. The first-order valence-corrected chi connectivity index (χ1v) is 10.2. The summed E-state index contributed by atoms with van der Waals surface area (Å²) in [6.45, 7) is 9.24. The summed E-state index contributed by atoms with van der Waals surface area (Å²) in [6, 6.07) is 5.92. The minimum Gasteiger partial charge on any atom is -0.491 e. The maximum Gasteiger partial charge on any atom is 0.223 e. The van der Waals surface area contributed by atoms with Crippen LogP contribution in [0.1, 0.15) is 47.1 Å². The van der Waals surface area contributed by atoms with Crippen LogP contribution in [-0.4, -0.2) is 38.7 Å². The highest BCUT2D eigenvalue weighted by Crippen LogP contribution is 2.34. The Morgan fingerprint density at radius 3 is 2.43 bits per heavy atom. The Morgan fingerprint density at radius 1 is 1.18 bits per heavy atom. The first kappa shape index (κ1) is 20.7. The van der Waals surface area contributed by atoms with Gasteiger partial charge in [0.25, 0.3) is 0 Å². The van der Waals surface area contributed by atoms with Crippen molar-refractivity contribution in [2.45, 2.75) is 33.6 Å². The van der Waals surface area contributed by atoms with E-state index in [-0.39, 0.29) is 9.71 Å². The number of fused-ring (bicyclic) bond motifs is 1. The second kappa shape index (κ2) is 8.57. The first-order chi connectivity index (χ1) is 13.3. The highest BCUT2D eigenvalue weighted by molar-refractivity contribution is 14.1. The summed E-state index contributed by atoms with van der Waals surface area (Å²) >= 11 is 1.81. The molecule has 2 heterocycles. The van der Waals surface area contributed by atoms with Gasteiger partial charge in [-0.15, -0.1) is 0 Å². The molecule has 0 amide bonds. The summed E-state index contributed by atoms with van der Waals surface area (Å²) < 4.78 is 12.5. The molecule has 0 saturated carbocycles. The molecule has 0 aliphatic carbocycles. The average molecular weight is 493 g/mol. The zero-order chi connectivity index (χ0) is 20.4. The third-order valence-electron chi connectivity index (χ3n) is 4.52. The third-order valence-corrected chi connectivity index (χ3v) is 5.15. The van der Waals surface area contributed by atoms with E-state index in [0.29, 0.717) is 18.8 Å². The summed E-state index contributed by atoms with van der Waals surface area (Å²) in [4.78, 5) is 16.8. The van der Waals surface area contributed by atoms with E-state index in [9.17, 15) is 4.79 Å². The number of halogens is 1. The molecule has 3 aromatic rings. The number of hydrogen-bond donors (Lipinski definition) is 0. The van der Waals surface area contributed by atoms with Crippen LogP contribution in [0.4, 0.5) is 0 Å². The lowest BCUT2D eigenvalue weighted by molar-refractivity contribution is 0.110. The van der Waals surface area contributed by atoms with Crippen molar-refractivity contribution in [3.8, 4) is 16.9 Å². The molecule has 0 spiro atoms. The summed E-state index contributed by atoms with van der Waals surface area (Å²) in [5, 5.41) is 4.58. The SMILES string of the molecule is COCCOc1cc(C)c(-c2cc(C(=O)I)cn3nc(C(C)C)nc23)c(C)c1. The average Bonchev–Trinajstić information content (AvgIpc) is 3.06. The second-order valence-electron chi connectivity index (χ2n) is 7.08. The highest BCUT2D eigenvalue weighted by Gasteiger charge is 2.18.